The summed E-state index contributed by atoms with van der Waals surface area (Å²) in [6.07, 6.45) is -6.29. The van der Waals surface area contributed by atoms with Crippen molar-refractivity contribution in [1.29, 1.82) is 0 Å². The van der Waals surface area contributed by atoms with Crippen molar-refractivity contribution in [3.8, 4) is 11.5 Å². The molecule has 1 fully saturated rings. The SMILES string of the molecule is Cn1c(-c2ncc(C(F)(F)F)cc2S(=O)(=O)CC2CCC2)nc2cc(C(F)(F)F)cnc21. The van der Waals surface area contributed by atoms with E-state index >= 15 is 0 Å². The van der Waals surface area contributed by atoms with E-state index in [0.29, 0.717) is 31.3 Å². The fourth-order valence-corrected chi connectivity index (χ4v) is 5.39. The minimum absolute atomic E-state index is 0.00274. The molecular formula is C19H16F6N4O2S. The van der Waals surface area contributed by atoms with Crippen LogP contribution in [0.2, 0.25) is 0 Å². The number of pyridine rings is 2. The van der Waals surface area contributed by atoms with Crippen LogP contribution in [0.15, 0.2) is 29.4 Å². The van der Waals surface area contributed by atoms with Crippen LogP contribution in [-0.2, 0) is 29.2 Å². The van der Waals surface area contributed by atoms with Gasteiger partial charge in [0.15, 0.2) is 21.3 Å². The topological polar surface area (TPSA) is 77.7 Å². The number of hydrogen-bond donors (Lipinski definition) is 0. The Morgan fingerprint density at radius 3 is 2.16 bits per heavy atom. The van der Waals surface area contributed by atoms with Gasteiger partial charge in [0.25, 0.3) is 0 Å². The second kappa shape index (κ2) is 7.42. The number of fused-ring (bicyclic) bond motifs is 1. The summed E-state index contributed by atoms with van der Waals surface area (Å²) < 4.78 is 106. The number of rotatable bonds is 4. The number of hydrogen-bond acceptors (Lipinski definition) is 5. The van der Waals surface area contributed by atoms with Crippen LogP contribution in [-0.4, -0.2) is 33.7 Å². The lowest BCUT2D eigenvalue weighted by Crippen LogP contribution is -2.23. The van der Waals surface area contributed by atoms with Gasteiger partial charge < -0.3 is 4.57 Å². The molecule has 32 heavy (non-hydrogen) atoms. The van der Waals surface area contributed by atoms with Crippen molar-refractivity contribution in [3.05, 3.63) is 35.7 Å². The minimum Gasteiger partial charge on any atom is -0.310 e. The third-order valence-electron chi connectivity index (χ3n) is 5.44. The van der Waals surface area contributed by atoms with Gasteiger partial charge in [0.1, 0.15) is 11.2 Å². The Morgan fingerprint density at radius 1 is 1.00 bits per heavy atom. The molecule has 0 bridgehead atoms. The molecule has 3 heterocycles. The average Bonchev–Trinajstić information content (AvgIpc) is 2.99. The Balaban J connectivity index is 1.91. The molecule has 0 N–H and O–H groups in total. The average molecular weight is 478 g/mol. The fraction of sp³-hybridized carbons (Fsp3) is 0.421. The summed E-state index contributed by atoms with van der Waals surface area (Å²) in [5.74, 6) is -0.713. The van der Waals surface area contributed by atoms with Crippen LogP contribution in [0.4, 0.5) is 26.3 Å². The lowest BCUT2D eigenvalue weighted by molar-refractivity contribution is -0.138. The van der Waals surface area contributed by atoms with Gasteiger partial charge in [-0.1, -0.05) is 6.42 Å². The number of sulfone groups is 1. The van der Waals surface area contributed by atoms with Crippen molar-refractivity contribution in [3.63, 3.8) is 0 Å². The minimum atomic E-state index is -4.83. The summed E-state index contributed by atoms with van der Waals surface area (Å²) in [5.41, 5.74) is -2.87. The summed E-state index contributed by atoms with van der Waals surface area (Å²) in [5, 5.41) is 0. The first-order valence-corrected chi connectivity index (χ1v) is 11.1. The zero-order valence-electron chi connectivity index (χ0n) is 16.5. The van der Waals surface area contributed by atoms with E-state index in [2.05, 4.69) is 15.0 Å². The molecule has 6 nitrogen and oxygen atoms in total. The fourth-order valence-electron chi connectivity index (χ4n) is 3.51. The van der Waals surface area contributed by atoms with Crippen LogP contribution in [0.5, 0.6) is 0 Å². The summed E-state index contributed by atoms with van der Waals surface area (Å²) in [7, 11) is -2.82. The van der Waals surface area contributed by atoms with Gasteiger partial charge in [-0.15, -0.1) is 0 Å². The molecule has 3 aromatic rings. The van der Waals surface area contributed by atoms with Gasteiger partial charge in [-0.25, -0.2) is 18.4 Å². The lowest BCUT2D eigenvalue weighted by atomic mass is 9.87. The molecule has 0 atom stereocenters. The predicted octanol–water partition coefficient (Wildman–Crippen LogP) is 4.64. The molecule has 172 valence electrons. The van der Waals surface area contributed by atoms with E-state index in [9.17, 15) is 34.8 Å². The third kappa shape index (κ3) is 4.05. The monoisotopic (exact) mass is 478 g/mol. The maximum Gasteiger partial charge on any atom is 0.417 e. The van der Waals surface area contributed by atoms with Crippen LogP contribution in [0.25, 0.3) is 22.7 Å². The number of alkyl halides is 6. The predicted molar refractivity (Wildman–Crippen MR) is 101 cm³/mol. The molecule has 13 heteroatoms. The van der Waals surface area contributed by atoms with Crippen molar-refractivity contribution in [2.75, 3.05) is 5.75 Å². The molecule has 0 aliphatic heterocycles. The van der Waals surface area contributed by atoms with Gasteiger partial charge >= 0.3 is 12.4 Å². The molecule has 3 aromatic heterocycles. The normalized spacial score (nSPS) is 15.8. The quantitative estimate of drug-likeness (QED) is 0.511. The maximum atomic E-state index is 13.3. The van der Waals surface area contributed by atoms with Crippen molar-refractivity contribution < 1.29 is 34.8 Å². The van der Waals surface area contributed by atoms with E-state index in [1.165, 1.54) is 11.6 Å². The van der Waals surface area contributed by atoms with E-state index in [0.717, 1.165) is 12.5 Å². The highest BCUT2D eigenvalue weighted by molar-refractivity contribution is 7.91. The van der Waals surface area contributed by atoms with Crippen molar-refractivity contribution in [1.82, 2.24) is 19.5 Å². The largest absolute Gasteiger partial charge is 0.417 e. The first kappa shape index (κ1) is 22.5. The highest BCUT2D eigenvalue weighted by Crippen LogP contribution is 2.37. The van der Waals surface area contributed by atoms with Crippen LogP contribution < -0.4 is 0 Å². The molecule has 0 aromatic carbocycles. The summed E-state index contributed by atoms with van der Waals surface area (Å²) in [6.45, 7) is 0. The summed E-state index contributed by atoms with van der Waals surface area (Å²) >= 11 is 0. The summed E-state index contributed by atoms with van der Waals surface area (Å²) in [4.78, 5) is 10.8. The Hall–Kier alpha value is -2.70. The van der Waals surface area contributed by atoms with Gasteiger partial charge in [0.05, 0.1) is 21.8 Å². The van der Waals surface area contributed by atoms with Gasteiger partial charge in [-0.3, -0.25) is 4.98 Å². The third-order valence-corrected chi connectivity index (χ3v) is 7.33. The second-order valence-corrected chi connectivity index (χ2v) is 9.71. The van der Waals surface area contributed by atoms with E-state index in [4.69, 9.17) is 0 Å². The van der Waals surface area contributed by atoms with Crippen molar-refractivity contribution in [2.45, 2.75) is 36.5 Å². The number of aryl methyl sites for hydroxylation is 1. The highest BCUT2D eigenvalue weighted by atomic mass is 32.2. The van der Waals surface area contributed by atoms with Gasteiger partial charge in [0.2, 0.25) is 0 Å². The van der Waals surface area contributed by atoms with Crippen molar-refractivity contribution in [2.24, 2.45) is 13.0 Å². The van der Waals surface area contributed by atoms with Crippen LogP contribution >= 0.6 is 0 Å². The number of nitrogens with zero attached hydrogens (tertiary/aromatic N) is 4. The second-order valence-electron chi connectivity index (χ2n) is 7.71. The number of halogens is 6. The molecule has 1 aliphatic carbocycles. The van der Waals surface area contributed by atoms with Crippen molar-refractivity contribution >= 4 is 21.0 Å². The Kier molecular flexibility index (Phi) is 5.22. The first-order chi connectivity index (χ1) is 14.8. The summed E-state index contributed by atoms with van der Waals surface area (Å²) in [6, 6.07) is 1.24. The highest BCUT2D eigenvalue weighted by Gasteiger charge is 2.36. The molecule has 1 saturated carbocycles. The molecule has 0 unspecified atom stereocenters. The first-order valence-electron chi connectivity index (χ1n) is 9.47. The Labute approximate surface area is 178 Å². The maximum absolute atomic E-state index is 13.3. The smallest absolute Gasteiger partial charge is 0.310 e. The molecule has 4 rings (SSSR count). The molecule has 0 saturated heterocycles. The van der Waals surface area contributed by atoms with Crippen LogP contribution in [0.1, 0.15) is 30.4 Å². The molecule has 0 spiro atoms. The number of imidazole rings is 1. The van der Waals surface area contributed by atoms with E-state index in [1.54, 1.807) is 0 Å². The molecule has 0 radical (unpaired) electrons. The zero-order valence-corrected chi connectivity index (χ0v) is 17.3. The zero-order chi connectivity index (χ0) is 23.5. The Morgan fingerprint density at radius 2 is 1.59 bits per heavy atom. The van der Waals surface area contributed by atoms with Gasteiger partial charge in [-0.2, -0.15) is 26.3 Å². The number of aromatic nitrogens is 4. The Bertz CT molecular complexity index is 1290. The molecule has 0 amide bonds. The lowest BCUT2D eigenvalue weighted by Gasteiger charge is -2.25. The standard InChI is InChI=1S/C19H16F6N4O2S/c1-29-16-13(5-11(8-27-16)18(20,21)22)28-17(29)15-14(6-12(7-26-15)19(23,24)25)32(30,31)9-10-3-2-4-10/h5-8,10H,2-4,9H2,1H3. The van der Waals surface area contributed by atoms with Gasteiger partial charge in [-0.05, 0) is 30.9 Å². The van der Waals surface area contributed by atoms with Crippen LogP contribution in [0.3, 0.4) is 0 Å². The molecule has 1 aliphatic rings. The van der Waals surface area contributed by atoms with E-state index < -0.39 is 38.2 Å². The van der Waals surface area contributed by atoms with Crippen LogP contribution in [0, 0.1) is 5.92 Å². The van der Waals surface area contributed by atoms with Gasteiger partial charge in [0, 0.05) is 19.4 Å². The van der Waals surface area contributed by atoms with E-state index in [1.807, 2.05) is 0 Å². The van der Waals surface area contributed by atoms with E-state index in [-0.39, 0.29) is 34.4 Å². The molecular weight excluding hydrogens is 462 g/mol.